The molecule has 0 spiro atoms. The molecule has 28 heavy (non-hydrogen) atoms. The molecule has 0 N–H and O–H groups in total. The van der Waals surface area contributed by atoms with E-state index in [-0.39, 0.29) is 24.1 Å². The van der Waals surface area contributed by atoms with E-state index in [4.69, 9.17) is 13.9 Å². The molecule has 0 aliphatic carbocycles. The van der Waals surface area contributed by atoms with Crippen molar-refractivity contribution in [1.29, 1.82) is 0 Å². The Morgan fingerprint density at radius 1 is 1.14 bits per heavy atom. The van der Waals surface area contributed by atoms with E-state index in [0.29, 0.717) is 23.8 Å². The minimum absolute atomic E-state index is 0.141. The van der Waals surface area contributed by atoms with Crippen LogP contribution < -0.4 is 9.47 Å². The Morgan fingerprint density at radius 2 is 1.89 bits per heavy atom. The highest BCUT2D eigenvalue weighted by Crippen LogP contribution is 2.25. The summed E-state index contributed by atoms with van der Waals surface area (Å²) >= 11 is 3.43. The first kappa shape index (κ1) is 19.9. The summed E-state index contributed by atoms with van der Waals surface area (Å²) in [5, 5.41) is 0. The molecule has 0 radical (unpaired) electrons. The first-order valence-corrected chi connectivity index (χ1v) is 9.30. The van der Waals surface area contributed by atoms with Crippen LogP contribution in [0.4, 0.5) is 4.39 Å². The number of amides is 1. The summed E-state index contributed by atoms with van der Waals surface area (Å²) in [5.41, 5.74) is 0.874. The Labute approximate surface area is 170 Å². The van der Waals surface area contributed by atoms with E-state index in [2.05, 4.69) is 15.9 Å². The lowest BCUT2D eigenvalue weighted by Crippen LogP contribution is -2.26. The van der Waals surface area contributed by atoms with Gasteiger partial charge in [0.05, 0.1) is 7.11 Å². The van der Waals surface area contributed by atoms with Crippen molar-refractivity contribution >= 4 is 21.8 Å². The van der Waals surface area contributed by atoms with Gasteiger partial charge in [0.1, 0.15) is 29.7 Å². The highest BCUT2D eigenvalue weighted by Gasteiger charge is 2.18. The quantitative estimate of drug-likeness (QED) is 0.508. The number of methoxy groups -OCH3 is 1. The fraction of sp³-hybridized carbons (Fsp3) is 0.190. The van der Waals surface area contributed by atoms with Gasteiger partial charge in [0, 0.05) is 23.6 Å². The van der Waals surface area contributed by atoms with E-state index in [1.807, 2.05) is 18.2 Å². The molecule has 0 aliphatic heterocycles. The molecule has 146 valence electrons. The Kier molecular flexibility index (Phi) is 6.36. The zero-order valence-electron chi connectivity index (χ0n) is 15.4. The van der Waals surface area contributed by atoms with Crippen molar-refractivity contribution < 1.29 is 23.1 Å². The Bertz CT molecular complexity index is 955. The standard InChI is InChI=1S/C21H19BrFNO4/c1-24(12-14-11-15(22)3-9-19(14)26-2)21(25)20-10-8-18(28-20)13-27-17-6-4-16(23)5-7-17/h3-11H,12-13H2,1-2H3. The molecule has 0 unspecified atom stereocenters. The number of ether oxygens (including phenoxy) is 2. The summed E-state index contributed by atoms with van der Waals surface area (Å²) in [4.78, 5) is 14.2. The molecule has 0 atom stereocenters. The number of halogens is 2. The second-order valence-corrected chi connectivity index (χ2v) is 7.04. The second kappa shape index (κ2) is 8.93. The van der Waals surface area contributed by atoms with Crippen LogP contribution in [0.3, 0.4) is 0 Å². The van der Waals surface area contributed by atoms with Gasteiger partial charge in [0.2, 0.25) is 0 Å². The van der Waals surface area contributed by atoms with Crippen molar-refractivity contribution in [3.05, 3.63) is 82.0 Å². The van der Waals surface area contributed by atoms with Gasteiger partial charge >= 0.3 is 0 Å². The molecule has 3 rings (SSSR count). The normalized spacial score (nSPS) is 10.6. The van der Waals surface area contributed by atoms with E-state index in [0.717, 1.165) is 10.0 Å². The maximum absolute atomic E-state index is 12.9. The van der Waals surface area contributed by atoms with Gasteiger partial charge in [0.25, 0.3) is 5.91 Å². The van der Waals surface area contributed by atoms with Gasteiger partial charge in [-0.3, -0.25) is 4.79 Å². The predicted octanol–water partition coefficient (Wildman–Crippen LogP) is 5.04. The fourth-order valence-electron chi connectivity index (χ4n) is 2.64. The van der Waals surface area contributed by atoms with Crippen LogP contribution in [0.2, 0.25) is 0 Å². The number of nitrogens with zero attached hydrogens (tertiary/aromatic N) is 1. The smallest absolute Gasteiger partial charge is 0.289 e. The molecule has 0 saturated heterocycles. The number of carbonyl (C=O) groups excluding carboxylic acids is 1. The van der Waals surface area contributed by atoms with Gasteiger partial charge < -0.3 is 18.8 Å². The summed E-state index contributed by atoms with van der Waals surface area (Å²) in [6.07, 6.45) is 0. The third kappa shape index (κ3) is 4.92. The number of benzene rings is 2. The SMILES string of the molecule is COc1ccc(Br)cc1CN(C)C(=O)c1ccc(COc2ccc(F)cc2)o1. The van der Waals surface area contributed by atoms with Crippen LogP contribution in [-0.4, -0.2) is 25.0 Å². The molecule has 1 amide bonds. The Hall–Kier alpha value is -2.80. The topological polar surface area (TPSA) is 51.9 Å². The lowest BCUT2D eigenvalue weighted by atomic mass is 10.2. The van der Waals surface area contributed by atoms with E-state index in [9.17, 15) is 9.18 Å². The molecule has 7 heteroatoms. The predicted molar refractivity (Wildman–Crippen MR) is 106 cm³/mol. The van der Waals surface area contributed by atoms with Crippen LogP contribution in [0, 0.1) is 5.82 Å². The highest BCUT2D eigenvalue weighted by atomic mass is 79.9. The first-order valence-electron chi connectivity index (χ1n) is 8.51. The van der Waals surface area contributed by atoms with Gasteiger partial charge in [-0.25, -0.2) is 4.39 Å². The van der Waals surface area contributed by atoms with E-state index < -0.39 is 0 Å². The lowest BCUT2D eigenvalue weighted by Gasteiger charge is -2.18. The largest absolute Gasteiger partial charge is 0.496 e. The molecule has 0 fully saturated rings. The minimum Gasteiger partial charge on any atom is -0.496 e. The minimum atomic E-state index is -0.330. The summed E-state index contributed by atoms with van der Waals surface area (Å²) in [6.45, 7) is 0.506. The van der Waals surface area contributed by atoms with Gasteiger partial charge in [0.15, 0.2) is 5.76 Å². The monoisotopic (exact) mass is 447 g/mol. The van der Waals surface area contributed by atoms with Crippen LogP contribution >= 0.6 is 15.9 Å². The molecule has 0 aliphatic rings. The van der Waals surface area contributed by atoms with Crippen molar-refractivity contribution in [2.45, 2.75) is 13.2 Å². The van der Waals surface area contributed by atoms with E-state index >= 15 is 0 Å². The summed E-state index contributed by atoms with van der Waals surface area (Å²) in [6, 6.07) is 14.6. The van der Waals surface area contributed by atoms with Crippen molar-refractivity contribution in [3.8, 4) is 11.5 Å². The fourth-order valence-corrected chi connectivity index (χ4v) is 3.05. The summed E-state index contributed by atoms with van der Waals surface area (Å²) in [7, 11) is 3.29. The molecular formula is C21H19BrFNO4. The number of rotatable bonds is 7. The number of carbonyl (C=O) groups is 1. The lowest BCUT2D eigenvalue weighted by molar-refractivity contribution is 0.0748. The van der Waals surface area contributed by atoms with Crippen molar-refractivity contribution in [2.75, 3.05) is 14.2 Å². The average molecular weight is 448 g/mol. The van der Waals surface area contributed by atoms with Crippen LogP contribution in [0.25, 0.3) is 0 Å². The number of hydrogen-bond acceptors (Lipinski definition) is 4. The van der Waals surface area contributed by atoms with E-state index in [1.54, 1.807) is 31.2 Å². The average Bonchev–Trinajstić information content (AvgIpc) is 3.16. The van der Waals surface area contributed by atoms with Gasteiger partial charge in [-0.05, 0) is 54.6 Å². The molecule has 1 aromatic heterocycles. The molecule has 2 aromatic carbocycles. The van der Waals surface area contributed by atoms with Gasteiger partial charge in [-0.1, -0.05) is 15.9 Å². The van der Waals surface area contributed by atoms with Crippen molar-refractivity contribution in [3.63, 3.8) is 0 Å². The molecule has 1 heterocycles. The van der Waals surface area contributed by atoms with Crippen LogP contribution in [0.1, 0.15) is 21.9 Å². The highest BCUT2D eigenvalue weighted by molar-refractivity contribution is 9.10. The number of furan rings is 1. The first-order chi connectivity index (χ1) is 13.5. The zero-order valence-corrected chi connectivity index (χ0v) is 17.0. The summed E-state index contributed by atoms with van der Waals surface area (Å²) < 4.78 is 30.3. The maximum Gasteiger partial charge on any atom is 0.289 e. The van der Waals surface area contributed by atoms with Crippen molar-refractivity contribution in [2.24, 2.45) is 0 Å². The van der Waals surface area contributed by atoms with E-state index in [1.165, 1.54) is 24.3 Å². The van der Waals surface area contributed by atoms with Crippen LogP contribution in [0.15, 0.2) is 63.5 Å². The Morgan fingerprint density at radius 3 is 2.61 bits per heavy atom. The second-order valence-electron chi connectivity index (χ2n) is 6.13. The van der Waals surface area contributed by atoms with Gasteiger partial charge in [-0.15, -0.1) is 0 Å². The van der Waals surface area contributed by atoms with Crippen LogP contribution in [-0.2, 0) is 13.2 Å². The molecular weight excluding hydrogens is 429 g/mol. The number of hydrogen-bond donors (Lipinski definition) is 0. The third-order valence-corrected chi connectivity index (χ3v) is 4.56. The van der Waals surface area contributed by atoms with Gasteiger partial charge in [-0.2, -0.15) is 0 Å². The maximum atomic E-state index is 12.9. The molecule has 3 aromatic rings. The summed E-state index contributed by atoms with van der Waals surface area (Å²) in [5.74, 6) is 1.36. The molecule has 0 bridgehead atoms. The third-order valence-electron chi connectivity index (χ3n) is 4.06. The zero-order chi connectivity index (χ0) is 20.1. The van der Waals surface area contributed by atoms with Crippen LogP contribution in [0.5, 0.6) is 11.5 Å². The molecule has 5 nitrogen and oxygen atoms in total. The Balaban J connectivity index is 1.63. The molecule has 0 saturated carbocycles. The van der Waals surface area contributed by atoms with Crippen molar-refractivity contribution in [1.82, 2.24) is 4.90 Å².